The molecule has 20 heavy (non-hydrogen) atoms. The number of phenols is 2. The molecule has 2 rings (SSSR count). The minimum Gasteiger partial charge on any atom is -0.508 e. The van der Waals surface area contributed by atoms with E-state index in [1.165, 1.54) is 12.1 Å². The van der Waals surface area contributed by atoms with Gasteiger partial charge in [0.25, 0.3) is 5.69 Å². The van der Waals surface area contributed by atoms with Crippen LogP contribution in [0.25, 0.3) is 0 Å². The van der Waals surface area contributed by atoms with E-state index < -0.39 is 10.7 Å². The van der Waals surface area contributed by atoms with E-state index in [0.29, 0.717) is 5.56 Å². The molecule has 0 saturated heterocycles. The minimum absolute atomic E-state index is 0.0355. The predicted octanol–water partition coefficient (Wildman–Crippen LogP) is 2.76. The largest absolute Gasteiger partial charge is 0.508 e. The lowest BCUT2D eigenvalue weighted by Gasteiger charge is -2.09. The SMILES string of the molecule is O=[N+]([O-])c1ccc(F)c(NCc2ccc(O)cc2O)c1. The summed E-state index contributed by atoms with van der Waals surface area (Å²) in [7, 11) is 0. The van der Waals surface area contributed by atoms with Gasteiger partial charge < -0.3 is 15.5 Å². The van der Waals surface area contributed by atoms with Crippen molar-refractivity contribution >= 4 is 11.4 Å². The van der Waals surface area contributed by atoms with Gasteiger partial charge in [0.05, 0.1) is 10.6 Å². The highest BCUT2D eigenvalue weighted by Crippen LogP contribution is 2.25. The monoisotopic (exact) mass is 278 g/mol. The molecule has 2 aromatic carbocycles. The third kappa shape index (κ3) is 2.94. The fraction of sp³-hybridized carbons (Fsp3) is 0.0769. The maximum Gasteiger partial charge on any atom is 0.271 e. The molecule has 0 spiro atoms. The van der Waals surface area contributed by atoms with Crippen molar-refractivity contribution in [3.8, 4) is 11.5 Å². The minimum atomic E-state index is -0.631. The number of nitrogens with zero attached hydrogens (tertiary/aromatic N) is 1. The van der Waals surface area contributed by atoms with E-state index in [9.17, 15) is 19.6 Å². The van der Waals surface area contributed by atoms with E-state index in [2.05, 4.69) is 5.32 Å². The van der Waals surface area contributed by atoms with Crippen molar-refractivity contribution in [2.75, 3.05) is 5.32 Å². The van der Waals surface area contributed by atoms with Gasteiger partial charge in [-0.05, 0) is 18.2 Å². The van der Waals surface area contributed by atoms with Gasteiger partial charge in [0, 0.05) is 30.3 Å². The Labute approximate surface area is 113 Å². The number of nitro benzene ring substituents is 1. The molecule has 0 aliphatic rings. The number of aromatic hydroxyl groups is 2. The highest BCUT2D eigenvalue weighted by atomic mass is 19.1. The van der Waals surface area contributed by atoms with E-state index in [-0.39, 0.29) is 29.4 Å². The Morgan fingerprint density at radius 2 is 1.95 bits per heavy atom. The summed E-state index contributed by atoms with van der Waals surface area (Å²) >= 11 is 0. The lowest BCUT2D eigenvalue weighted by molar-refractivity contribution is -0.384. The first kappa shape index (κ1) is 13.6. The topological polar surface area (TPSA) is 95.6 Å². The molecule has 0 amide bonds. The van der Waals surface area contributed by atoms with Crippen molar-refractivity contribution in [3.05, 3.63) is 57.9 Å². The quantitative estimate of drug-likeness (QED) is 0.590. The first-order valence-electron chi connectivity index (χ1n) is 5.66. The number of hydrogen-bond acceptors (Lipinski definition) is 5. The van der Waals surface area contributed by atoms with Gasteiger partial charge in [-0.25, -0.2) is 4.39 Å². The number of nitro groups is 1. The summed E-state index contributed by atoms with van der Waals surface area (Å²) in [4.78, 5) is 10.00. The second-order valence-electron chi connectivity index (χ2n) is 4.09. The first-order chi connectivity index (χ1) is 9.47. The number of non-ortho nitro benzene ring substituents is 1. The van der Waals surface area contributed by atoms with Crippen LogP contribution in [0, 0.1) is 15.9 Å². The Kier molecular flexibility index (Phi) is 3.69. The second-order valence-corrected chi connectivity index (χ2v) is 4.09. The summed E-state index contributed by atoms with van der Waals surface area (Å²) in [6.45, 7) is 0.0597. The van der Waals surface area contributed by atoms with Gasteiger partial charge in [-0.2, -0.15) is 0 Å². The third-order valence-electron chi connectivity index (χ3n) is 2.70. The maximum absolute atomic E-state index is 13.5. The Bertz CT molecular complexity index is 661. The summed E-state index contributed by atoms with van der Waals surface area (Å²) in [5.74, 6) is -0.870. The smallest absolute Gasteiger partial charge is 0.271 e. The lowest BCUT2D eigenvalue weighted by Crippen LogP contribution is -2.02. The molecule has 0 saturated carbocycles. The first-order valence-corrected chi connectivity index (χ1v) is 5.66. The van der Waals surface area contributed by atoms with E-state index in [0.717, 1.165) is 24.3 Å². The van der Waals surface area contributed by atoms with Crippen LogP contribution in [-0.4, -0.2) is 15.1 Å². The Balaban J connectivity index is 2.18. The molecule has 0 heterocycles. The Morgan fingerprint density at radius 3 is 2.60 bits per heavy atom. The standard InChI is InChI=1S/C13H11FN2O4/c14-11-4-2-9(16(19)20)5-12(11)15-7-8-1-3-10(17)6-13(8)18/h1-6,15,17-18H,7H2. The fourth-order valence-electron chi connectivity index (χ4n) is 1.65. The summed E-state index contributed by atoms with van der Waals surface area (Å²) in [5.41, 5.74) is 0.157. The number of benzene rings is 2. The predicted molar refractivity (Wildman–Crippen MR) is 70.2 cm³/mol. The van der Waals surface area contributed by atoms with Crippen LogP contribution < -0.4 is 5.32 Å². The average molecular weight is 278 g/mol. The molecule has 7 heteroatoms. The van der Waals surface area contributed by atoms with Crippen molar-refractivity contribution in [2.24, 2.45) is 0 Å². The Hall–Kier alpha value is -2.83. The maximum atomic E-state index is 13.5. The molecular formula is C13H11FN2O4. The van der Waals surface area contributed by atoms with Gasteiger partial charge in [0.15, 0.2) is 0 Å². The molecule has 0 aliphatic carbocycles. The van der Waals surface area contributed by atoms with Crippen LogP contribution in [0.3, 0.4) is 0 Å². The van der Waals surface area contributed by atoms with Crippen molar-refractivity contribution in [3.63, 3.8) is 0 Å². The number of anilines is 1. The van der Waals surface area contributed by atoms with Crippen molar-refractivity contribution in [2.45, 2.75) is 6.54 Å². The number of hydrogen-bond donors (Lipinski definition) is 3. The van der Waals surface area contributed by atoms with Crippen LogP contribution >= 0.6 is 0 Å². The zero-order chi connectivity index (χ0) is 14.7. The Morgan fingerprint density at radius 1 is 1.20 bits per heavy atom. The molecule has 0 radical (unpaired) electrons. The molecule has 0 unspecified atom stereocenters. The van der Waals surface area contributed by atoms with Crippen molar-refractivity contribution < 1.29 is 19.5 Å². The van der Waals surface area contributed by atoms with Gasteiger partial charge in [0.1, 0.15) is 17.3 Å². The summed E-state index contributed by atoms with van der Waals surface area (Å²) in [6, 6.07) is 7.14. The number of rotatable bonds is 4. The molecule has 6 nitrogen and oxygen atoms in total. The van der Waals surface area contributed by atoms with Crippen LogP contribution in [0.4, 0.5) is 15.8 Å². The normalized spacial score (nSPS) is 10.2. The molecule has 3 N–H and O–H groups in total. The average Bonchev–Trinajstić information content (AvgIpc) is 2.39. The van der Waals surface area contributed by atoms with Crippen molar-refractivity contribution in [1.29, 1.82) is 0 Å². The molecule has 0 aromatic heterocycles. The number of halogens is 1. The van der Waals surface area contributed by atoms with E-state index >= 15 is 0 Å². The second kappa shape index (κ2) is 5.43. The summed E-state index contributed by atoms with van der Waals surface area (Å²) in [6.07, 6.45) is 0. The van der Waals surface area contributed by atoms with Crippen LogP contribution in [0.15, 0.2) is 36.4 Å². The third-order valence-corrected chi connectivity index (χ3v) is 2.70. The van der Waals surface area contributed by atoms with Crippen LogP contribution in [0.5, 0.6) is 11.5 Å². The van der Waals surface area contributed by atoms with Gasteiger partial charge in [-0.15, -0.1) is 0 Å². The molecule has 0 bridgehead atoms. The molecule has 104 valence electrons. The summed E-state index contributed by atoms with van der Waals surface area (Å²) in [5, 5.41) is 32.0. The van der Waals surface area contributed by atoms with Gasteiger partial charge in [-0.1, -0.05) is 0 Å². The van der Waals surface area contributed by atoms with Crippen LogP contribution in [-0.2, 0) is 6.54 Å². The van der Waals surface area contributed by atoms with Gasteiger partial charge in [0.2, 0.25) is 0 Å². The van der Waals surface area contributed by atoms with Crippen LogP contribution in [0.1, 0.15) is 5.56 Å². The molecule has 2 aromatic rings. The van der Waals surface area contributed by atoms with Crippen molar-refractivity contribution in [1.82, 2.24) is 0 Å². The molecular weight excluding hydrogens is 267 g/mol. The zero-order valence-electron chi connectivity index (χ0n) is 10.2. The highest BCUT2D eigenvalue weighted by Gasteiger charge is 2.11. The van der Waals surface area contributed by atoms with E-state index in [1.54, 1.807) is 0 Å². The van der Waals surface area contributed by atoms with E-state index in [1.807, 2.05) is 0 Å². The summed E-state index contributed by atoms with van der Waals surface area (Å²) < 4.78 is 13.5. The van der Waals surface area contributed by atoms with Gasteiger partial charge in [-0.3, -0.25) is 10.1 Å². The zero-order valence-corrected chi connectivity index (χ0v) is 10.2. The van der Waals surface area contributed by atoms with Crippen LogP contribution in [0.2, 0.25) is 0 Å². The molecule has 0 fully saturated rings. The fourth-order valence-corrected chi connectivity index (χ4v) is 1.65. The number of nitrogens with one attached hydrogen (secondary N) is 1. The molecule has 0 atom stereocenters. The molecule has 0 aliphatic heterocycles. The number of phenolic OH excluding ortho intramolecular Hbond substituents is 2. The lowest BCUT2D eigenvalue weighted by atomic mass is 10.2. The highest BCUT2D eigenvalue weighted by molar-refractivity contribution is 5.53. The van der Waals surface area contributed by atoms with Gasteiger partial charge >= 0.3 is 0 Å². The van der Waals surface area contributed by atoms with E-state index in [4.69, 9.17) is 5.11 Å².